The maximum Gasteiger partial charge on any atom is 0.330 e. The molecule has 0 spiro atoms. The Hall–Kier alpha value is -2.52. The molecule has 1 amide bonds. The summed E-state index contributed by atoms with van der Waals surface area (Å²) in [7, 11) is -0.0584. The molecule has 7 nitrogen and oxygen atoms in total. The summed E-state index contributed by atoms with van der Waals surface area (Å²) in [5, 5.41) is 17.2. The fourth-order valence-electron chi connectivity index (χ4n) is 4.13. The Labute approximate surface area is 197 Å². The topological polar surface area (TPSA) is 96.9 Å². The Morgan fingerprint density at radius 2 is 1.48 bits per heavy atom. The lowest BCUT2D eigenvalue weighted by molar-refractivity contribution is -0.146. The van der Waals surface area contributed by atoms with Gasteiger partial charge in [-0.15, -0.1) is 0 Å². The largest absolute Gasteiger partial charge is 0.467 e. The normalized spacial score (nSPS) is 14.8. The van der Waals surface area contributed by atoms with Gasteiger partial charge in [-0.05, 0) is 29.4 Å². The van der Waals surface area contributed by atoms with E-state index < -0.39 is 38.4 Å². The van der Waals surface area contributed by atoms with Crippen molar-refractivity contribution in [2.24, 2.45) is 0 Å². The Kier molecular flexibility index (Phi) is 9.36. The number of likely N-dealkylation sites (N-methyl/N-ethyl adjacent to an activating group) is 1. The van der Waals surface area contributed by atoms with Crippen LogP contribution in [0.3, 0.4) is 0 Å². The minimum Gasteiger partial charge on any atom is -0.467 e. The summed E-state index contributed by atoms with van der Waals surface area (Å²) < 4.78 is 11.7. The number of aliphatic hydroxyl groups excluding tert-OH is 1. The second-order valence-electron chi connectivity index (χ2n) is 9.07. The van der Waals surface area contributed by atoms with E-state index in [1.165, 1.54) is 14.0 Å². The molecule has 0 radical (unpaired) electrons. The van der Waals surface area contributed by atoms with Crippen LogP contribution in [0.4, 0.5) is 0 Å². The molecule has 33 heavy (non-hydrogen) atoms. The van der Waals surface area contributed by atoms with Crippen molar-refractivity contribution >= 4 is 30.6 Å². The van der Waals surface area contributed by atoms with Gasteiger partial charge in [0.15, 0.2) is 0 Å². The van der Waals surface area contributed by atoms with Gasteiger partial charge in [-0.2, -0.15) is 0 Å². The summed E-state index contributed by atoms with van der Waals surface area (Å²) in [6.45, 7) is 7.84. The highest BCUT2D eigenvalue weighted by Crippen LogP contribution is 2.36. The Bertz CT molecular complexity index is 861. The zero-order chi connectivity index (χ0) is 24.6. The molecule has 0 saturated heterocycles. The number of hydrogen-bond acceptors (Lipinski definition) is 6. The van der Waals surface area contributed by atoms with E-state index in [-0.39, 0.29) is 11.6 Å². The first-order chi connectivity index (χ1) is 15.6. The maximum atomic E-state index is 12.7. The third-order valence-corrected chi connectivity index (χ3v) is 10.8. The molecule has 3 unspecified atom stereocenters. The zero-order valence-corrected chi connectivity index (χ0v) is 21.3. The van der Waals surface area contributed by atoms with Crippen LogP contribution in [0.1, 0.15) is 27.7 Å². The number of ether oxygens (including phenoxy) is 1. The highest BCUT2D eigenvalue weighted by atomic mass is 28.4. The molecule has 3 atom stereocenters. The van der Waals surface area contributed by atoms with Crippen LogP contribution < -0.4 is 21.0 Å². The summed E-state index contributed by atoms with van der Waals surface area (Å²) in [4.78, 5) is 25.3. The monoisotopic (exact) mass is 472 g/mol. The predicted molar refractivity (Wildman–Crippen MR) is 132 cm³/mol. The molecule has 180 valence electrons. The quantitative estimate of drug-likeness (QED) is 0.355. The number of carbonyl (C=O) groups is 2. The first kappa shape index (κ1) is 26.7. The Morgan fingerprint density at radius 1 is 1.00 bits per heavy atom. The molecule has 0 aliphatic carbocycles. The van der Waals surface area contributed by atoms with Crippen LogP contribution in [0.2, 0.25) is 5.04 Å². The molecule has 0 aromatic heterocycles. The van der Waals surface area contributed by atoms with E-state index in [1.54, 1.807) is 7.05 Å². The number of esters is 1. The minimum atomic E-state index is -2.90. The average Bonchev–Trinajstić information content (AvgIpc) is 2.78. The SMILES string of the molecule is CNC(C(=O)NC(CO[Si](c1ccccc1)(c1ccccc1)C(C)(C)C)C(=O)OC)C(C)O. The maximum absolute atomic E-state index is 12.7. The van der Waals surface area contributed by atoms with Gasteiger partial charge in [-0.25, -0.2) is 4.79 Å². The van der Waals surface area contributed by atoms with Crippen molar-refractivity contribution in [3.05, 3.63) is 60.7 Å². The fraction of sp³-hybridized carbons (Fsp3) is 0.440. The van der Waals surface area contributed by atoms with E-state index in [0.717, 1.165) is 10.4 Å². The third-order valence-electron chi connectivity index (χ3n) is 5.76. The van der Waals surface area contributed by atoms with Crippen LogP contribution in [0.5, 0.6) is 0 Å². The van der Waals surface area contributed by atoms with Crippen molar-refractivity contribution in [2.75, 3.05) is 20.8 Å². The number of amides is 1. The molecule has 3 N–H and O–H groups in total. The number of hydrogen-bond donors (Lipinski definition) is 3. The lowest BCUT2D eigenvalue weighted by Crippen LogP contribution is -2.68. The number of methoxy groups -OCH3 is 1. The molecular formula is C25H36N2O5Si. The second kappa shape index (κ2) is 11.6. The first-order valence-electron chi connectivity index (χ1n) is 11.1. The molecule has 0 heterocycles. The molecule has 2 aromatic rings. The summed E-state index contributed by atoms with van der Waals surface area (Å²) >= 11 is 0. The highest BCUT2D eigenvalue weighted by Gasteiger charge is 2.50. The van der Waals surface area contributed by atoms with Crippen molar-refractivity contribution in [2.45, 2.75) is 50.9 Å². The molecule has 0 fully saturated rings. The number of nitrogens with one attached hydrogen (secondary N) is 2. The van der Waals surface area contributed by atoms with E-state index in [4.69, 9.17) is 9.16 Å². The summed E-state index contributed by atoms with van der Waals surface area (Å²) in [6.07, 6.45) is -0.939. The van der Waals surface area contributed by atoms with Gasteiger partial charge in [0.05, 0.1) is 19.8 Å². The van der Waals surface area contributed by atoms with Crippen LogP contribution in [0.25, 0.3) is 0 Å². The van der Waals surface area contributed by atoms with Gasteiger partial charge in [0, 0.05) is 0 Å². The number of carbonyl (C=O) groups excluding carboxylic acids is 2. The van der Waals surface area contributed by atoms with Crippen LogP contribution >= 0.6 is 0 Å². The standard InChI is InChI=1S/C25H36N2O5Si/c1-18(28)22(26-5)23(29)27-21(24(30)31-6)17-32-33(25(2,3)4,19-13-9-7-10-14-19)20-15-11-8-12-16-20/h7-16,18,21-22,26,28H,17H2,1-6H3,(H,27,29). The first-order valence-corrected chi connectivity index (χ1v) is 13.0. The third kappa shape index (κ3) is 6.08. The van der Waals surface area contributed by atoms with Gasteiger partial charge in [0.1, 0.15) is 12.1 Å². The van der Waals surface area contributed by atoms with Crippen molar-refractivity contribution in [1.29, 1.82) is 0 Å². The average molecular weight is 473 g/mol. The number of rotatable bonds is 10. The van der Waals surface area contributed by atoms with Crippen molar-refractivity contribution in [1.82, 2.24) is 10.6 Å². The van der Waals surface area contributed by atoms with Crippen molar-refractivity contribution in [3.8, 4) is 0 Å². The summed E-state index contributed by atoms with van der Waals surface area (Å²) in [6, 6.07) is 18.2. The van der Waals surface area contributed by atoms with Crippen molar-refractivity contribution < 1.29 is 23.9 Å². The van der Waals surface area contributed by atoms with Crippen LogP contribution in [0, 0.1) is 0 Å². The molecule has 2 rings (SSSR count). The van der Waals surface area contributed by atoms with E-state index in [2.05, 4.69) is 55.7 Å². The van der Waals surface area contributed by atoms with E-state index in [1.807, 2.05) is 36.4 Å². The lowest BCUT2D eigenvalue weighted by Gasteiger charge is -2.43. The molecule has 0 aliphatic heterocycles. The van der Waals surface area contributed by atoms with E-state index in [0.29, 0.717) is 0 Å². The molecular weight excluding hydrogens is 436 g/mol. The van der Waals surface area contributed by atoms with Crippen LogP contribution in [-0.2, 0) is 18.8 Å². The van der Waals surface area contributed by atoms with Crippen LogP contribution in [-0.4, -0.2) is 64.3 Å². The fourth-order valence-corrected chi connectivity index (χ4v) is 8.71. The summed E-state index contributed by atoms with van der Waals surface area (Å²) in [5.41, 5.74) is 0. The molecule has 8 heteroatoms. The molecule has 0 saturated carbocycles. The van der Waals surface area contributed by atoms with Gasteiger partial charge in [0.2, 0.25) is 5.91 Å². The van der Waals surface area contributed by atoms with Gasteiger partial charge < -0.3 is 24.9 Å². The van der Waals surface area contributed by atoms with Crippen molar-refractivity contribution in [3.63, 3.8) is 0 Å². The molecule has 0 aliphatic rings. The lowest BCUT2D eigenvalue weighted by atomic mass is 10.1. The second-order valence-corrected chi connectivity index (χ2v) is 13.4. The minimum absolute atomic E-state index is 0.0675. The van der Waals surface area contributed by atoms with E-state index in [9.17, 15) is 14.7 Å². The van der Waals surface area contributed by atoms with Crippen LogP contribution in [0.15, 0.2) is 60.7 Å². The van der Waals surface area contributed by atoms with Gasteiger partial charge in [-0.3, -0.25) is 4.79 Å². The van der Waals surface area contributed by atoms with Gasteiger partial charge in [0.25, 0.3) is 8.32 Å². The number of benzene rings is 2. The zero-order valence-electron chi connectivity index (χ0n) is 20.3. The number of aliphatic hydroxyl groups is 1. The Balaban J connectivity index is 2.48. The Morgan fingerprint density at radius 3 is 1.85 bits per heavy atom. The van der Waals surface area contributed by atoms with E-state index >= 15 is 0 Å². The summed E-state index contributed by atoms with van der Waals surface area (Å²) in [5.74, 6) is -1.12. The van der Waals surface area contributed by atoms with Gasteiger partial charge in [-0.1, -0.05) is 81.4 Å². The predicted octanol–water partition coefficient (Wildman–Crippen LogP) is 1.19. The molecule has 2 aromatic carbocycles. The highest BCUT2D eigenvalue weighted by molar-refractivity contribution is 6.99. The molecule has 0 bridgehead atoms. The smallest absolute Gasteiger partial charge is 0.330 e. The van der Waals surface area contributed by atoms with Gasteiger partial charge >= 0.3 is 5.97 Å².